The van der Waals surface area contributed by atoms with Gasteiger partial charge >= 0.3 is 5.97 Å². The van der Waals surface area contributed by atoms with Crippen molar-refractivity contribution in [3.8, 4) is 6.07 Å². The van der Waals surface area contributed by atoms with Gasteiger partial charge in [-0.3, -0.25) is 0 Å². The van der Waals surface area contributed by atoms with E-state index in [1.54, 1.807) is 6.07 Å². The van der Waals surface area contributed by atoms with Crippen LogP contribution in [0.5, 0.6) is 0 Å². The molecule has 0 saturated carbocycles. The maximum absolute atomic E-state index is 13.1. The predicted molar refractivity (Wildman–Crippen MR) is 50.7 cm³/mol. The second-order valence-corrected chi connectivity index (χ2v) is 3.10. The molecule has 72 valence electrons. The Kier molecular flexibility index (Phi) is 3.20. The van der Waals surface area contributed by atoms with Crippen molar-refractivity contribution < 1.29 is 14.3 Å². The molecule has 1 rings (SSSR count). The zero-order chi connectivity index (χ0) is 10.7. The molecule has 3 nitrogen and oxygen atoms in total. The Balaban J connectivity index is 3.39. The zero-order valence-electron chi connectivity index (χ0n) is 6.92. The second kappa shape index (κ2) is 4.20. The molecule has 0 amide bonds. The van der Waals surface area contributed by atoms with E-state index in [2.05, 4.69) is 15.9 Å². The first-order valence-electron chi connectivity index (χ1n) is 3.62. The van der Waals surface area contributed by atoms with Crippen LogP contribution in [0.1, 0.15) is 21.5 Å². The van der Waals surface area contributed by atoms with Crippen LogP contribution < -0.4 is 0 Å². The van der Waals surface area contributed by atoms with E-state index in [-0.39, 0.29) is 5.56 Å². The van der Waals surface area contributed by atoms with Crippen LogP contribution in [0.3, 0.4) is 0 Å². The van der Waals surface area contributed by atoms with Crippen molar-refractivity contribution in [3.05, 3.63) is 34.6 Å². The Bertz CT molecular complexity index is 426. The number of alkyl halides is 1. The van der Waals surface area contributed by atoms with E-state index in [0.717, 1.165) is 12.1 Å². The number of nitrogens with zero attached hydrogens (tertiary/aromatic N) is 1. The summed E-state index contributed by atoms with van der Waals surface area (Å²) in [5.74, 6) is -2.23. The Morgan fingerprint density at radius 3 is 2.71 bits per heavy atom. The number of hydrogen-bond donors (Lipinski definition) is 1. The number of halogens is 2. The molecule has 0 heterocycles. The summed E-state index contributed by atoms with van der Waals surface area (Å²) in [7, 11) is 0. The molecular formula is C9H5BrFNO2. The molecule has 1 N–H and O–H groups in total. The molecule has 14 heavy (non-hydrogen) atoms. The number of benzene rings is 1. The van der Waals surface area contributed by atoms with Crippen LogP contribution in [-0.2, 0) is 5.33 Å². The maximum Gasteiger partial charge on any atom is 0.338 e. The van der Waals surface area contributed by atoms with Crippen molar-refractivity contribution in [2.75, 3.05) is 0 Å². The van der Waals surface area contributed by atoms with Gasteiger partial charge in [-0.15, -0.1) is 0 Å². The van der Waals surface area contributed by atoms with Crippen molar-refractivity contribution in [2.45, 2.75) is 5.33 Å². The summed E-state index contributed by atoms with van der Waals surface area (Å²) in [5, 5.41) is 17.5. The summed E-state index contributed by atoms with van der Waals surface area (Å²) in [6, 6.07) is 3.88. The van der Waals surface area contributed by atoms with E-state index < -0.39 is 17.3 Å². The van der Waals surface area contributed by atoms with Crippen LogP contribution in [0.25, 0.3) is 0 Å². The fraction of sp³-hybridized carbons (Fsp3) is 0.111. The number of aromatic carboxylic acids is 1. The number of hydrogen-bond acceptors (Lipinski definition) is 2. The lowest BCUT2D eigenvalue weighted by Gasteiger charge is -2.02. The van der Waals surface area contributed by atoms with E-state index in [9.17, 15) is 9.18 Å². The molecule has 0 aliphatic rings. The predicted octanol–water partition coefficient (Wildman–Crippen LogP) is 2.29. The SMILES string of the molecule is N#Cc1cc(F)c(C(=O)O)cc1CBr. The Hall–Kier alpha value is -1.41. The summed E-state index contributed by atoms with van der Waals surface area (Å²) in [4.78, 5) is 10.6. The van der Waals surface area contributed by atoms with E-state index in [0.29, 0.717) is 10.9 Å². The van der Waals surface area contributed by atoms with Gasteiger partial charge in [0.25, 0.3) is 0 Å². The van der Waals surface area contributed by atoms with E-state index in [4.69, 9.17) is 10.4 Å². The number of carboxylic acid groups (broad SMARTS) is 1. The van der Waals surface area contributed by atoms with Crippen LogP contribution in [0.2, 0.25) is 0 Å². The third-order valence-corrected chi connectivity index (χ3v) is 2.29. The summed E-state index contributed by atoms with van der Waals surface area (Å²) in [5.41, 5.74) is 0.189. The number of carbonyl (C=O) groups is 1. The van der Waals surface area contributed by atoms with E-state index >= 15 is 0 Å². The molecule has 1 aromatic carbocycles. The van der Waals surface area contributed by atoms with Crippen LogP contribution in [0.15, 0.2) is 12.1 Å². The average molecular weight is 258 g/mol. The van der Waals surface area contributed by atoms with Crippen molar-refractivity contribution in [1.82, 2.24) is 0 Å². The molecule has 1 aromatic rings. The topological polar surface area (TPSA) is 61.1 Å². The van der Waals surface area contributed by atoms with E-state index in [1.807, 2.05) is 0 Å². The Morgan fingerprint density at radius 2 is 2.29 bits per heavy atom. The fourth-order valence-electron chi connectivity index (χ4n) is 0.997. The third kappa shape index (κ3) is 1.91. The Morgan fingerprint density at radius 1 is 1.64 bits per heavy atom. The van der Waals surface area contributed by atoms with Gasteiger partial charge in [-0.25, -0.2) is 9.18 Å². The monoisotopic (exact) mass is 257 g/mol. The largest absolute Gasteiger partial charge is 0.478 e. The Labute approximate surface area is 87.9 Å². The summed E-state index contributed by atoms with van der Waals surface area (Å²) in [6.07, 6.45) is 0. The molecule has 0 fully saturated rings. The molecule has 0 aliphatic carbocycles. The van der Waals surface area contributed by atoms with Crippen LogP contribution in [0, 0.1) is 17.1 Å². The van der Waals surface area contributed by atoms with Gasteiger partial charge < -0.3 is 5.11 Å². The van der Waals surface area contributed by atoms with Crippen molar-refractivity contribution in [2.24, 2.45) is 0 Å². The second-order valence-electron chi connectivity index (χ2n) is 2.54. The molecule has 0 bridgehead atoms. The molecule has 0 aromatic heterocycles. The number of rotatable bonds is 2. The minimum absolute atomic E-state index is 0.143. The smallest absolute Gasteiger partial charge is 0.338 e. The van der Waals surface area contributed by atoms with E-state index in [1.165, 1.54) is 0 Å². The first-order chi connectivity index (χ1) is 6.60. The molecule has 0 radical (unpaired) electrons. The molecule has 0 spiro atoms. The van der Waals surface area contributed by atoms with Gasteiger partial charge in [0.2, 0.25) is 0 Å². The highest BCUT2D eigenvalue weighted by molar-refractivity contribution is 9.08. The minimum Gasteiger partial charge on any atom is -0.478 e. The van der Waals surface area contributed by atoms with Crippen LogP contribution >= 0.6 is 15.9 Å². The number of carboxylic acids is 1. The average Bonchev–Trinajstić information content (AvgIpc) is 2.16. The molecular weight excluding hydrogens is 253 g/mol. The highest BCUT2D eigenvalue weighted by Gasteiger charge is 2.14. The van der Waals surface area contributed by atoms with Crippen molar-refractivity contribution in [3.63, 3.8) is 0 Å². The zero-order valence-corrected chi connectivity index (χ0v) is 8.51. The highest BCUT2D eigenvalue weighted by atomic mass is 79.9. The lowest BCUT2D eigenvalue weighted by atomic mass is 10.1. The van der Waals surface area contributed by atoms with Gasteiger partial charge in [-0.1, -0.05) is 15.9 Å². The third-order valence-electron chi connectivity index (χ3n) is 1.69. The molecule has 0 saturated heterocycles. The van der Waals surface area contributed by atoms with Gasteiger partial charge in [0, 0.05) is 5.33 Å². The lowest BCUT2D eigenvalue weighted by Crippen LogP contribution is -2.03. The van der Waals surface area contributed by atoms with Crippen molar-refractivity contribution >= 4 is 21.9 Å². The van der Waals surface area contributed by atoms with Crippen LogP contribution in [0.4, 0.5) is 4.39 Å². The van der Waals surface area contributed by atoms with Gasteiger partial charge in [-0.05, 0) is 17.7 Å². The standard InChI is InChI=1S/C9H5BrFNO2/c10-3-5-1-7(9(13)14)8(11)2-6(5)4-12/h1-2H,3H2,(H,13,14). The van der Waals surface area contributed by atoms with Crippen molar-refractivity contribution in [1.29, 1.82) is 5.26 Å². The molecule has 0 aliphatic heterocycles. The molecule has 5 heteroatoms. The molecule has 0 atom stereocenters. The molecule has 0 unspecified atom stereocenters. The maximum atomic E-state index is 13.1. The quantitative estimate of drug-likeness (QED) is 0.828. The normalized spacial score (nSPS) is 9.50. The summed E-state index contributed by atoms with van der Waals surface area (Å²) >= 11 is 3.09. The summed E-state index contributed by atoms with van der Waals surface area (Å²) < 4.78 is 13.1. The van der Waals surface area contributed by atoms with Crippen LogP contribution in [-0.4, -0.2) is 11.1 Å². The minimum atomic E-state index is -1.34. The highest BCUT2D eigenvalue weighted by Crippen LogP contribution is 2.18. The lowest BCUT2D eigenvalue weighted by molar-refractivity contribution is 0.0692. The van der Waals surface area contributed by atoms with Gasteiger partial charge in [0.05, 0.1) is 17.2 Å². The number of nitriles is 1. The van der Waals surface area contributed by atoms with Gasteiger partial charge in [0.15, 0.2) is 0 Å². The van der Waals surface area contributed by atoms with Gasteiger partial charge in [0.1, 0.15) is 5.82 Å². The fourth-order valence-corrected chi connectivity index (χ4v) is 1.46. The first-order valence-corrected chi connectivity index (χ1v) is 4.74. The first kappa shape index (κ1) is 10.7. The van der Waals surface area contributed by atoms with Gasteiger partial charge in [-0.2, -0.15) is 5.26 Å². The summed E-state index contributed by atoms with van der Waals surface area (Å²) in [6.45, 7) is 0.